The Morgan fingerprint density at radius 2 is 1.86 bits per heavy atom. The number of carbonyl (C=O) groups excluding carboxylic acids is 2. The monoisotopic (exact) mass is 549 g/mol. The minimum atomic E-state index is -4.52. The zero-order valence-electron chi connectivity index (χ0n) is 19.2. The molecule has 3 rings (SSSR count). The van der Waals surface area contributed by atoms with Gasteiger partial charge in [-0.05, 0) is 63.1 Å². The average Bonchev–Trinajstić information content (AvgIpc) is 3.10. The Morgan fingerprint density at radius 3 is 2.46 bits per heavy atom. The van der Waals surface area contributed by atoms with Crippen molar-refractivity contribution in [3.05, 3.63) is 74.9 Å². The lowest BCUT2D eigenvalue weighted by Gasteiger charge is -2.26. The number of hydrogen-bond acceptors (Lipinski definition) is 5. The number of hydrogen-bond donors (Lipinski definition) is 2. The third kappa shape index (κ3) is 6.63. The van der Waals surface area contributed by atoms with E-state index in [-0.39, 0.29) is 29.9 Å². The summed E-state index contributed by atoms with van der Waals surface area (Å²) in [5.74, 6) is -0.267. The van der Waals surface area contributed by atoms with E-state index >= 15 is 0 Å². The van der Waals surface area contributed by atoms with Crippen molar-refractivity contribution in [3.8, 4) is 6.07 Å². The molecule has 2 N–H and O–H groups in total. The maximum atomic E-state index is 13.2. The van der Waals surface area contributed by atoms with Crippen LogP contribution in [0.4, 0.5) is 23.7 Å². The SMILES string of the molecule is CC(C)(C)OC(=O)NC(C1=C(Nc2cccc(C(F)(F)F)c2)CCC1=O)c1ccc(C#N)cc1Br. The average molecular weight is 550 g/mol. The summed E-state index contributed by atoms with van der Waals surface area (Å²) in [5, 5.41) is 14.9. The highest BCUT2D eigenvalue weighted by atomic mass is 79.9. The molecule has 6 nitrogen and oxygen atoms in total. The molecule has 0 aliphatic heterocycles. The Balaban J connectivity index is 2.07. The van der Waals surface area contributed by atoms with Crippen molar-refractivity contribution in [3.63, 3.8) is 0 Å². The summed E-state index contributed by atoms with van der Waals surface area (Å²) in [5.41, 5.74) is -0.00684. The number of nitriles is 1. The van der Waals surface area contributed by atoms with Gasteiger partial charge in [-0.15, -0.1) is 0 Å². The number of rotatable bonds is 5. The van der Waals surface area contributed by atoms with Gasteiger partial charge in [-0.3, -0.25) is 4.79 Å². The highest BCUT2D eigenvalue weighted by Crippen LogP contribution is 2.38. The summed E-state index contributed by atoms with van der Waals surface area (Å²) in [7, 11) is 0. The highest BCUT2D eigenvalue weighted by molar-refractivity contribution is 9.10. The van der Waals surface area contributed by atoms with Crippen molar-refractivity contribution in [2.24, 2.45) is 0 Å². The number of anilines is 1. The molecule has 10 heteroatoms. The lowest BCUT2D eigenvalue weighted by molar-refractivity contribution is -0.137. The minimum Gasteiger partial charge on any atom is -0.444 e. The molecule has 0 radical (unpaired) electrons. The zero-order chi connectivity index (χ0) is 26.0. The molecule has 0 spiro atoms. The van der Waals surface area contributed by atoms with Crippen molar-refractivity contribution >= 4 is 33.5 Å². The number of alkyl carbamates (subject to hydrolysis) is 1. The van der Waals surface area contributed by atoms with Crippen molar-refractivity contribution in [2.45, 2.75) is 51.4 Å². The molecule has 184 valence electrons. The Labute approximate surface area is 209 Å². The molecule has 0 bridgehead atoms. The molecule has 1 amide bonds. The molecule has 1 atom stereocenters. The number of benzene rings is 2. The van der Waals surface area contributed by atoms with Gasteiger partial charge in [-0.25, -0.2) is 4.79 Å². The van der Waals surface area contributed by atoms with Crippen LogP contribution < -0.4 is 10.6 Å². The highest BCUT2D eigenvalue weighted by Gasteiger charge is 2.35. The van der Waals surface area contributed by atoms with E-state index in [4.69, 9.17) is 4.74 Å². The number of ether oxygens (including phenoxy) is 1. The molecule has 0 heterocycles. The fourth-order valence-corrected chi connectivity index (χ4v) is 4.26. The Morgan fingerprint density at radius 1 is 1.14 bits per heavy atom. The van der Waals surface area contributed by atoms with Crippen molar-refractivity contribution in [1.29, 1.82) is 5.26 Å². The van der Waals surface area contributed by atoms with Gasteiger partial charge in [0.1, 0.15) is 5.60 Å². The number of halogens is 4. The fraction of sp³-hybridized carbons (Fsp3) is 0.320. The number of amides is 1. The largest absolute Gasteiger partial charge is 0.444 e. The van der Waals surface area contributed by atoms with Crippen LogP contribution in [0.25, 0.3) is 0 Å². The molecule has 2 aromatic carbocycles. The maximum Gasteiger partial charge on any atom is 0.416 e. The van der Waals surface area contributed by atoms with Crippen LogP contribution in [0, 0.1) is 11.3 Å². The van der Waals surface area contributed by atoms with E-state index < -0.39 is 29.5 Å². The first kappa shape index (κ1) is 26.3. The van der Waals surface area contributed by atoms with E-state index in [0.29, 0.717) is 21.3 Å². The van der Waals surface area contributed by atoms with Crippen molar-refractivity contribution < 1.29 is 27.5 Å². The summed E-state index contributed by atoms with van der Waals surface area (Å²) >= 11 is 3.40. The topological polar surface area (TPSA) is 91.2 Å². The standard InChI is InChI=1S/C25H23BrF3N3O3/c1-24(2,3)35-23(34)32-22(17-8-7-14(13-30)11-18(17)26)21-19(9-10-20(21)33)31-16-6-4-5-15(12-16)25(27,28)29/h4-8,11-12,22,31H,9-10H2,1-3H3,(H,32,34). The van der Waals surface area contributed by atoms with Gasteiger partial charge in [-0.2, -0.15) is 18.4 Å². The van der Waals surface area contributed by atoms with E-state index in [1.165, 1.54) is 12.1 Å². The van der Waals surface area contributed by atoms with Gasteiger partial charge in [0.05, 0.1) is 23.2 Å². The van der Waals surface area contributed by atoms with Gasteiger partial charge in [0.15, 0.2) is 5.78 Å². The van der Waals surface area contributed by atoms with Crippen LogP contribution in [-0.4, -0.2) is 17.5 Å². The molecule has 0 aromatic heterocycles. The number of nitrogens with zero attached hydrogens (tertiary/aromatic N) is 1. The quantitative estimate of drug-likeness (QED) is 0.436. The van der Waals surface area contributed by atoms with Gasteiger partial charge in [-0.1, -0.05) is 28.1 Å². The molecular weight excluding hydrogens is 527 g/mol. The summed E-state index contributed by atoms with van der Waals surface area (Å²) in [6, 6.07) is 10.4. The normalized spacial score (nSPS) is 15.0. The predicted molar refractivity (Wildman–Crippen MR) is 127 cm³/mol. The number of alkyl halides is 3. The Kier molecular flexibility index (Phi) is 7.60. The molecule has 1 aliphatic rings. The molecule has 0 saturated carbocycles. The molecule has 0 saturated heterocycles. The molecular formula is C25H23BrF3N3O3. The number of carbonyl (C=O) groups is 2. The van der Waals surface area contributed by atoms with Crippen molar-refractivity contribution in [2.75, 3.05) is 5.32 Å². The summed E-state index contributed by atoms with van der Waals surface area (Å²) in [4.78, 5) is 25.7. The van der Waals surface area contributed by atoms with E-state index in [1.54, 1.807) is 39.0 Å². The third-order valence-corrected chi connectivity index (χ3v) is 5.79. The van der Waals surface area contributed by atoms with E-state index in [1.807, 2.05) is 6.07 Å². The van der Waals surface area contributed by atoms with Gasteiger partial charge in [0.25, 0.3) is 0 Å². The lowest BCUT2D eigenvalue weighted by atomic mass is 9.95. The van der Waals surface area contributed by atoms with Crippen molar-refractivity contribution in [1.82, 2.24) is 5.32 Å². The maximum absolute atomic E-state index is 13.2. The van der Waals surface area contributed by atoms with E-state index in [9.17, 15) is 28.0 Å². The molecule has 0 fully saturated rings. The molecule has 2 aromatic rings. The molecule has 1 aliphatic carbocycles. The van der Waals surface area contributed by atoms with Crippen LogP contribution in [0.1, 0.15) is 56.3 Å². The fourth-order valence-electron chi connectivity index (χ4n) is 3.65. The summed E-state index contributed by atoms with van der Waals surface area (Å²) in [6.45, 7) is 5.08. The van der Waals surface area contributed by atoms with Crippen LogP contribution in [0.15, 0.2) is 58.2 Å². The first-order valence-corrected chi connectivity index (χ1v) is 11.5. The van der Waals surface area contributed by atoms with Crippen LogP contribution in [-0.2, 0) is 15.7 Å². The molecule has 1 unspecified atom stereocenters. The second-order valence-electron chi connectivity index (χ2n) is 8.95. The van der Waals surface area contributed by atoms with E-state index in [2.05, 4.69) is 26.6 Å². The van der Waals surface area contributed by atoms with Gasteiger partial charge < -0.3 is 15.4 Å². The second-order valence-corrected chi connectivity index (χ2v) is 9.80. The van der Waals surface area contributed by atoms with Gasteiger partial charge in [0.2, 0.25) is 0 Å². The number of Topliss-reactive ketones (excluding diaryl/α,β-unsaturated/α-hetero) is 1. The smallest absolute Gasteiger partial charge is 0.416 e. The third-order valence-electron chi connectivity index (χ3n) is 5.10. The first-order valence-electron chi connectivity index (χ1n) is 10.7. The van der Waals surface area contributed by atoms with Crippen LogP contribution in [0.3, 0.4) is 0 Å². The lowest BCUT2D eigenvalue weighted by Crippen LogP contribution is -2.37. The summed E-state index contributed by atoms with van der Waals surface area (Å²) in [6.07, 6.45) is -4.92. The number of nitrogens with one attached hydrogen (secondary N) is 2. The van der Waals surface area contributed by atoms with Crippen LogP contribution in [0.5, 0.6) is 0 Å². The second kappa shape index (κ2) is 10.1. The van der Waals surface area contributed by atoms with E-state index in [0.717, 1.165) is 12.1 Å². The Bertz CT molecular complexity index is 1230. The predicted octanol–water partition coefficient (Wildman–Crippen LogP) is 6.63. The van der Waals surface area contributed by atoms with Crippen LogP contribution in [0.2, 0.25) is 0 Å². The summed E-state index contributed by atoms with van der Waals surface area (Å²) < 4.78 is 45.4. The van der Waals surface area contributed by atoms with Gasteiger partial charge in [0, 0.05) is 27.9 Å². The molecule has 35 heavy (non-hydrogen) atoms. The van der Waals surface area contributed by atoms with Gasteiger partial charge >= 0.3 is 12.3 Å². The zero-order valence-corrected chi connectivity index (χ0v) is 20.8. The first-order chi connectivity index (χ1) is 16.3. The minimum absolute atomic E-state index is 0.122. The number of ketones is 1. The van der Waals surface area contributed by atoms with Crippen LogP contribution >= 0.6 is 15.9 Å². The number of allylic oxidation sites excluding steroid dienone is 1. The Hall–Kier alpha value is -3.32.